The molecule has 1 fully saturated rings. The van der Waals surface area contributed by atoms with Crippen molar-refractivity contribution in [2.45, 2.75) is 44.1 Å². The molecule has 2 rings (SSSR count). The van der Waals surface area contributed by atoms with E-state index in [-0.39, 0.29) is 0 Å². The third-order valence-corrected chi connectivity index (χ3v) is 4.17. The van der Waals surface area contributed by atoms with Crippen molar-refractivity contribution in [3.63, 3.8) is 0 Å². The van der Waals surface area contributed by atoms with E-state index in [4.69, 9.17) is 14.7 Å². The molecule has 4 nitrogen and oxygen atoms in total. The summed E-state index contributed by atoms with van der Waals surface area (Å²) >= 11 is 1.76. The fourth-order valence-electron chi connectivity index (χ4n) is 1.81. The van der Waals surface area contributed by atoms with Gasteiger partial charge < -0.3 is 10.1 Å². The van der Waals surface area contributed by atoms with Crippen LogP contribution in [0.5, 0.6) is 0 Å². The van der Waals surface area contributed by atoms with Gasteiger partial charge in [-0.2, -0.15) is 0 Å². The summed E-state index contributed by atoms with van der Waals surface area (Å²) in [4.78, 5) is 9.43. The Balaban J connectivity index is 2.16. The molecule has 0 aliphatic heterocycles. The third kappa shape index (κ3) is 4.08. The molecule has 0 aromatic carbocycles. The van der Waals surface area contributed by atoms with Gasteiger partial charge in [-0.15, -0.1) is 11.8 Å². The average Bonchev–Trinajstić information content (AvgIpc) is 3.24. The lowest BCUT2D eigenvalue weighted by molar-refractivity contribution is 0.218. The predicted octanol–water partition coefficient (Wildman–Crippen LogP) is 3.22. The van der Waals surface area contributed by atoms with Crippen LogP contribution in [0.25, 0.3) is 0 Å². The zero-order chi connectivity index (χ0) is 13.7. The Morgan fingerprint density at radius 3 is 2.79 bits per heavy atom. The standard InChI is InChI=1S/C14H23N3OS/c1-4-7-15-12-10(2)14(19-9-8-18-3)17-13(16-12)11-5-6-11/h11H,4-9H2,1-3H3,(H,15,16,17). The highest BCUT2D eigenvalue weighted by Crippen LogP contribution is 2.40. The molecule has 0 spiro atoms. The molecule has 19 heavy (non-hydrogen) atoms. The molecule has 1 aromatic rings. The van der Waals surface area contributed by atoms with Gasteiger partial charge in [0, 0.05) is 30.9 Å². The van der Waals surface area contributed by atoms with Gasteiger partial charge in [0.25, 0.3) is 0 Å². The van der Waals surface area contributed by atoms with E-state index >= 15 is 0 Å². The summed E-state index contributed by atoms with van der Waals surface area (Å²) in [6.45, 7) is 5.98. The number of rotatable bonds is 8. The molecule has 0 radical (unpaired) electrons. The first-order valence-corrected chi connectivity index (χ1v) is 7.99. The first-order chi connectivity index (χ1) is 9.26. The Hall–Kier alpha value is -0.810. The number of thioether (sulfide) groups is 1. The number of hydrogen-bond acceptors (Lipinski definition) is 5. The fourth-order valence-corrected chi connectivity index (χ4v) is 2.73. The molecule has 1 heterocycles. The summed E-state index contributed by atoms with van der Waals surface area (Å²) in [7, 11) is 1.73. The quantitative estimate of drug-likeness (QED) is 0.450. The zero-order valence-electron chi connectivity index (χ0n) is 12.0. The predicted molar refractivity (Wildman–Crippen MR) is 80.1 cm³/mol. The lowest BCUT2D eigenvalue weighted by atomic mass is 10.3. The number of methoxy groups -OCH3 is 1. The van der Waals surface area contributed by atoms with E-state index in [1.54, 1.807) is 18.9 Å². The first-order valence-electron chi connectivity index (χ1n) is 7.00. The van der Waals surface area contributed by atoms with Crippen molar-refractivity contribution in [1.82, 2.24) is 9.97 Å². The molecule has 0 bridgehead atoms. The van der Waals surface area contributed by atoms with Crippen molar-refractivity contribution < 1.29 is 4.74 Å². The number of nitrogens with one attached hydrogen (secondary N) is 1. The molecule has 5 heteroatoms. The molecule has 1 aromatic heterocycles. The van der Waals surface area contributed by atoms with Crippen LogP contribution in [0.2, 0.25) is 0 Å². The van der Waals surface area contributed by atoms with Crippen molar-refractivity contribution in [3.05, 3.63) is 11.4 Å². The van der Waals surface area contributed by atoms with Crippen LogP contribution in [-0.2, 0) is 4.74 Å². The largest absolute Gasteiger partial charge is 0.384 e. The van der Waals surface area contributed by atoms with E-state index in [0.717, 1.165) is 42.0 Å². The number of nitrogens with zero attached hydrogens (tertiary/aromatic N) is 2. The van der Waals surface area contributed by atoms with Gasteiger partial charge >= 0.3 is 0 Å². The van der Waals surface area contributed by atoms with E-state index in [1.165, 1.54) is 18.4 Å². The van der Waals surface area contributed by atoms with E-state index in [1.807, 2.05) is 0 Å². The van der Waals surface area contributed by atoms with Gasteiger partial charge in [-0.3, -0.25) is 0 Å². The highest BCUT2D eigenvalue weighted by atomic mass is 32.2. The summed E-state index contributed by atoms with van der Waals surface area (Å²) in [6.07, 6.45) is 3.57. The Morgan fingerprint density at radius 2 is 2.16 bits per heavy atom. The number of anilines is 1. The van der Waals surface area contributed by atoms with Crippen LogP contribution in [0.3, 0.4) is 0 Å². The maximum absolute atomic E-state index is 5.11. The summed E-state index contributed by atoms with van der Waals surface area (Å²) in [5.74, 6) is 3.55. The van der Waals surface area contributed by atoms with Crippen LogP contribution in [0, 0.1) is 6.92 Å². The second-order valence-corrected chi connectivity index (χ2v) is 5.99. The smallest absolute Gasteiger partial charge is 0.135 e. The van der Waals surface area contributed by atoms with E-state index < -0.39 is 0 Å². The van der Waals surface area contributed by atoms with Crippen LogP contribution in [0.1, 0.15) is 43.5 Å². The number of ether oxygens (including phenoxy) is 1. The van der Waals surface area contributed by atoms with Gasteiger partial charge in [0.15, 0.2) is 0 Å². The topological polar surface area (TPSA) is 47.0 Å². The van der Waals surface area contributed by atoms with Crippen molar-refractivity contribution >= 4 is 17.6 Å². The molecule has 0 saturated heterocycles. The molecule has 1 aliphatic carbocycles. The van der Waals surface area contributed by atoms with Crippen LogP contribution in [0.15, 0.2) is 5.03 Å². The average molecular weight is 281 g/mol. The van der Waals surface area contributed by atoms with Gasteiger partial charge in [0.1, 0.15) is 16.7 Å². The normalized spacial score (nSPS) is 14.7. The minimum absolute atomic E-state index is 0.588. The summed E-state index contributed by atoms with van der Waals surface area (Å²) in [5.41, 5.74) is 1.17. The lowest BCUT2D eigenvalue weighted by Gasteiger charge is -2.13. The van der Waals surface area contributed by atoms with Crippen LogP contribution in [-0.4, -0.2) is 36.0 Å². The SMILES string of the molecule is CCCNc1nc(C2CC2)nc(SCCOC)c1C. The van der Waals surface area contributed by atoms with Gasteiger partial charge in [0.05, 0.1) is 6.61 Å². The zero-order valence-corrected chi connectivity index (χ0v) is 12.8. The molecule has 0 amide bonds. The van der Waals surface area contributed by atoms with Gasteiger partial charge in [-0.1, -0.05) is 6.92 Å². The molecule has 1 saturated carbocycles. The Morgan fingerprint density at radius 1 is 1.37 bits per heavy atom. The Labute approximate surface area is 119 Å². The molecule has 0 unspecified atom stereocenters. The van der Waals surface area contributed by atoms with Crippen molar-refractivity contribution in [2.24, 2.45) is 0 Å². The summed E-state index contributed by atoms with van der Waals surface area (Å²) in [5, 5.41) is 4.52. The maximum Gasteiger partial charge on any atom is 0.135 e. The fraction of sp³-hybridized carbons (Fsp3) is 0.714. The first kappa shape index (κ1) is 14.6. The molecule has 1 N–H and O–H groups in total. The maximum atomic E-state index is 5.11. The molecule has 106 valence electrons. The Kier molecular flexibility index (Phi) is 5.45. The second-order valence-electron chi connectivity index (χ2n) is 4.90. The highest BCUT2D eigenvalue weighted by molar-refractivity contribution is 7.99. The van der Waals surface area contributed by atoms with Crippen LogP contribution >= 0.6 is 11.8 Å². The van der Waals surface area contributed by atoms with Gasteiger partial charge in [-0.25, -0.2) is 9.97 Å². The molecule has 1 aliphatic rings. The van der Waals surface area contributed by atoms with Crippen LogP contribution < -0.4 is 5.32 Å². The Bertz CT molecular complexity index is 421. The summed E-state index contributed by atoms with van der Waals surface area (Å²) < 4.78 is 5.11. The van der Waals surface area contributed by atoms with E-state index in [9.17, 15) is 0 Å². The second kappa shape index (κ2) is 7.10. The third-order valence-electron chi connectivity index (χ3n) is 3.13. The monoisotopic (exact) mass is 281 g/mol. The molecular weight excluding hydrogens is 258 g/mol. The highest BCUT2D eigenvalue weighted by Gasteiger charge is 2.28. The molecule has 0 atom stereocenters. The van der Waals surface area contributed by atoms with Crippen LogP contribution in [0.4, 0.5) is 5.82 Å². The number of hydrogen-bond donors (Lipinski definition) is 1. The molecular formula is C14H23N3OS. The van der Waals surface area contributed by atoms with Crippen molar-refractivity contribution in [3.8, 4) is 0 Å². The van der Waals surface area contributed by atoms with Crippen molar-refractivity contribution in [2.75, 3.05) is 31.3 Å². The number of aromatic nitrogens is 2. The van der Waals surface area contributed by atoms with E-state index in [0.29, 0.717) is 5.92 Å². The summed E-state index contributed by atoms with van der Waals surface area (Å²) in [6, 6.07) is 0. The minimum Gasteiger partial charge on any atom is -0.384 e. The van der Waals surface area contributed by atoms with E-state index in [2.05, 4.69) is 19.2 Å². The van der Waals surface area contributed by atoms with Crippen molar-refractivity contribution in [1.29, 1.82) is 0 Å². The van der Waals surface area contributed by atoms with Gasteiger partial charge in [-0.05, 0) is 26.2 Å². The van der Waals surface area contributed by atoms with Gasteiger partial charge in [0.2, 0.25) is 0 Å². The minimum atomic E-state index is 0.588. The lowest BCUT2D eigenvalue weighted by Crippen LogP contribution is -2.08.